The maximum atomic E-state index is 6.16. The molecule has 0 radical (unpaired) electrons. The van der Waals surface area contributed by atoms with Gasteiger partial charge in [0, 0.05) is 12.0 Å². The third kappa shape index (κ3) is 3.14. The van der Waals surface area contributed by atoms with Crippen LogP contribution in [0.4, 0.5) is 0 Å². The highest BCUT2D eigenvalue weighted by Crippen LogP contribution is 2.37. The summed E-state index contributed by atoms with van der Waals surface area (Å²) in [5, 5.41) is 3.38. The predicted molar refractivity (Wildman–Crippen MR) is 81.2 cm³/mol. The Morgan fingerprint density at radius 1 is 1.32 bits per heavy atom. The number of halogens is 2. The fourth-order valence-electron chi connectivity index (χ4n) is 2.49. The number of aromatic amines is 1. The van der Waals surface area contributed by atoms with Gasteiger partial charge in [0.1, 0.15) is 10.2 Å². The van der Waals surface area contributed by atoms with E-state index in [9.17, 15) is 0 Å². The molecule has 3 rings (SSSR count). The first-order chi connectivity index (χ1) is 9.22. The Morgan fingerprint density at radius 2 is 2.11 bits per heavy atom. The summed E-state index contributed by atoms with van der Waals surface area (Å²) in [6.45, 7) is 2.23. The van der Waals surface area contributed by atoms with Crippen LogP contribution >= 0.6 is 34.5 Å². The lowest BCUT2D eigenvalue weighted by atomic mass is 9.94. The minimum atomic E-state index is 0.703. The first-order valence-corrected chi connectivity index (χ1v) is 7.99. The van der Waals surface area contributed by atoms with E-state index in [4.69, 9.17) is 23.2 Å². The van der Waals surface area contributed by atoms with Gasteiger partial charge in [0.15, 0.2) is 0 Å². The summed E-state index contributed by atoms with van der Waals surface area (Å²) < 4.78 is 1.41. The number of hydrogen-bond acceptors (Lipinski definition) is 3. The van der Waals surface area contributed by atoms with Crippen molar-refractivity contribution < 1.29 is 0 Å². The number of aromatic nitrogens is 2. The zero-order valence-electron chi connectivity index (χ0n) is 10.4. The van der Waals surface area contributed by atoms with Crippen LogP contribution in [0, 0.1) is 5.92 Å². The summed E-state index contributed by atoms with van der Waals surface area (Å²) in [7, 11) is 0. The van der Waals surface area contributed by atoms with Crippen LogP contribution in [0.3, 0.4) is 0 Å². The van der Waals surface area contributed by atoms with Crippen molar-refractivity contribution in [2.75, 3.05) is 13.1 Å². The zero-order chi connectivity index (χ0) is 13.2. The van der Waals surface area contributed by atoms with Crippen LogP contribution in [-0.2, 0) is 6.42 Å². The van der Waals surface area contributed by atoms with Crippen molar-refractivity contribution in [2.45, 2.75) is 19.3 Å². The molecule has 0 aromatic carbocycles. The Balaban J connectivity index is 1.74. The largest absolute Gasteiger partial charge is 0.342 e. The fourth-order valence-corrected chi connectivity index (χ4v) is 3.98. The minimum Gasteiger partial charge on any atom is -0.342 e. The molecular weight excluding hydrogens is 301 g/mol. The number of imidazole rings is 1. The molecule has 19 heavy (non-hydrogen) atoms. The predicted octanol–water partition coefficient (Wildman–Crippen LogP) is 3.99. The lowest BCUT2D eigenvalue weighted by Crippen LogP contribution is -2.28. The second kappa shape index (κ2) is 5.83. The lowest BCUT2D eigenvalue weighted by Gasteiger charge is -2.21. The van der Waals surface area contributed by atoms with Crippen molar-refractivity contribution in [3.63, 3.8) is 0 Å². The topological polar surface area (TPSA) is 40.7 Å². The van der Waals surface area contributed by atoms with Gasteiger partial charge in [-0.05, 0) is 37.9 Å². The first kappa shape index (κ1) is 13.4. The van der Waals surface area contributed by atoms with Crippen molar-refractivity contribution >= 4 is 34.5 Å². The van der Waals surface area contributed by atoms with Crippen molar-refractivity contribution in [3.05, 3.63) is 26.8 Å². The third-order valence-electron chi connectivity index (χ3n) is 3.52. The maximum Gasteiger partial charge on any atom is 0.106 e. The summed E-state index contributed by atoms with van der Waals surface area (Å²) in [6.07, 6.45) is 5.31. The molecule has 1 aliphatic rings. The molecule has 2 N–H and O–H groups in total. The Labute approximate surface area is 126 Å². The molecule has 0 spiro atoms. The quantitative estimate of drug-likeness (QED) is 0.899. The summed E-state index contributed by atoms with van der Waals surface area (Å²) in [4.78, 5) is 7.83. The first-order valence-electron chi connectivity index (χ1n) is 6.42. The lowest BCUT2D eigenvalue weighted by molar-refractivity contribution is 0.368. The molecular formula is C13H15Cl2N3S. The Morgan fingerprint density at radius 3 is 2.79 bits per heavy atom. The molecule has 2 aromatic rings. The van der Waals surface area contributed by atoms with Crippen LogP contribution in [0.2, 0.25) is 8.67 Å². The maximum absolute atomic E-state index is 6.16. The highest BCUT2D eigenvalue weighted by atomic mass is 35.5. The number of rotatable bonds is 3. The van der Waals surface area contributed by atoms with Crippen LogP contribution in [-0.4, -0.2) is 23.1 Å². The van der Waals surface area contributed by atoms with E-state index in [2.05, 4.69) is 15.3 Å². The summed E-state index contributed by atoms with van der Waals surface area (Å²) >= 11 is 13.5. The second-order valence-corrected chi connectivity index (χ2v) is 7.16. The SMILES string of the molecule is Clc1cc(-c2cnc(CC3CCNCC3)[nH]2)c(Cl)s1. The fraction of sp³-hybridized carbons (Fsp3) is 0.462. The molecule has 1 saturated heterocycles. The molecule has 3 heterocycles. The van der Waals surface area contributed by atoms with Crippen molar-refractivity contribution in [3.8, 4) is 11.3 Å². The molecule has 0 bridgehead atoms. The number of nitrogens with one attached hydrogen (secondary N) is 2. The molecule has 3 nitrogen and oxygen atoms in total. The summed E-state index contributed by atoms with van der Waals surface area (Å²) in [5.74, 6) is 1.77. The van der Waals surface area contributed by atoms with E-state index < -0.39 is 0 Å². The van der Waals surface area contributed by atoms with Gasteiger partial charge in [0.05, 0.1) is 16.2 Å². The standard InChI is InChI=1S/C13H15Cl2N3S/c14-11-6-9(13(15)19-11)10-7-17-12(18-10)5-8-1-3-16-4-2-8/h6-8,16H,1-5H2,(H,17,18). The molecule has 0 amide bonds. The number of thiophene rings is 1. The number of piperidine rings is 1. The van der Waals surface area contributed by atoms with Crippen LogP contribution in [0.25, 0.3) is 11.3 Å². The Bertz CT molecular complexity index is 558. The minimum absolute atomic E-state index is 0.703. The van der Waals surface area contributed by atoms with Crippen molar-refractivity contribution in [1.29, 1.82) is 0 Å². The van der Waals surface area contributed by atoms with E-state index in [1.165, 1.54) is 24.2 Å². The summed E-state index contributed by atoms with van der Waals surface area (Å²) in [6, 6.07) is 1.89. The molecule has 0 saturated carbocycles. The molecule has 0 unspecified atom stereocenters. The summed E-state index contributed by atoms with van der Waals surface area (Å²) in [5.41, 5.74) is 1.90. The molecule has 0 atom stereocenters. The van der Waals surface area contributed by atoms with Crippen LogP contribution in [0.1, 0.15) is 18.7 Å². The highest BCUT2D eigenvalue weighted by Gasteiger charge is 2.16. The van der Waals surface area contributed by atoms with Crippen LogP contribution < -0.4 is 5.32 Å². The molecule has 6 heteroatoms. The average Bonchev–Trinajstić information content (AvgIpc) is 2.97. The molecule has 2 aromatic heterocycles. The normalized spacial score (nSPS) is 16.9. The van der Waals surface area contributed by atoms with E-state index in [-0.39, 0.29) is 0 Å². The number of H-pyrrole nitrogens is 1. The molecule has 1 fully saturated rings. The molecule has 1 aliphatic heterocycles. The van der Waals surface area contributed by atoms with Crippen molar-refractivity contribution in [2.24, 2.45) is 5.92 Å². The Hall–Kier alpha value is -0.550. The van der Waals surface area contributed by atoms with E-state index in [1.54, 1.807) is 0 Å². The van der Waals surface area contributed by atoms with Crippen LogP contribution in [0.5, 0.6) is 0 Å². The monoisotopic (exact) mass is 315 g/mol. The van der Waals surface area contributed by atoms with E-state index in [1.807, 2.05) is 12.3 Å². The van der Waals surface area contributed by atoms with Gasteiger partial charge in [0.25, 0.3) is 0 Å². The Kier molecular flexibility index (Phi) is 4.12. The van der Waals surface area contributed by atoms with Gasteiger partial charge in [-0.3, -0.25) is 0 Å². The average molecular weight is 316 g/mol. The van der Waals surface area contributed by atoms with Gasteiger partial charge in [0.2, 0.25) is 0 Å². The number of hydrogen-bond donors (Lipinski definition) is 2. The zero-order valence-corrected chi connectivity index (χ0v) is 12.7. The highest BCUT2D eigenvalue weighted by molar-refractivity contribution is 7.20. The third-order valence-corrected chi connectivity index (χ3v) is 5.00. The molecule has 102 valence electrons. The smallest absolute Gasteiger partial charge is 0.106 e. The second-order valence-electron chi connectivity index (χ2n) is 4.88. The van der Waals surface area contributed by atoms with Gasteiger partial charge in [-0.1, -0.05) is 23.2 Å². The van der Waals surface area contributed by atoms with Crippen molar-refractivity contribution in [1.82, 2.24) is 15.3 Å². The van der Waals surface area contributed by atoms with E-state index in [0.29, 0.717) is 8.67 Å². The van der Waals surface area contributed by atoms with E-state index >= 15 is 0 Å². The number of nitrogens with zero attached hydrogens (tertiary/aromatic N) is 1. The van der Waals surface area contributed by atoms with Gasteiger partial charge in [-0.15, -0.1) is 11.3 Å². The van der Waals surface area contributed by atoms with Crippen LogP contribution in [0.15, 0.2) is 12.3 Å². The molecule has 0 aliphatic carbocycles. The van der Waals surface area contributed by atoms with Gasteiger partial charge >= 0.3 is 0 Å². The van der Waals surface area contributed by atoms with Gasteiger partial charge in [-0.2, -0.15) is 0 Å². The van der Waals surface area contributed by atoms with E-state index in [0.717, 1.165) is 42.5 Å². The van der Waals surface area contributed by atoms with Gasteiger partial charge < -0.3 is 10.3 Å². The van der Waals surface area contributed by atoms with Gasteiger partial charge in [-0.25, -0.2) is 4.98 Å².